The lowest BCUT2D eigenvalue weighted by Crippen LogP contribution is -2.41. The van der Waals surface area contributed by atoms with Crippen LogP contribution in [0.1, 0.15) is 29.4 Å². The zero-order valence-corrected chi connectivity index (χ0v) is 17.8. The van der Waals surface area contributed by atoms with Gasteiger partial charge in [0.15, 0.2) is 5.96 Å². The largest absolute Gasteiger partial charge is 0.375 e. The van der Waals surface area contributed by atoms with Crippen molar-refractivity contribution in [2.75, 3.05) is 27.2 Å². The third kappa shape index (κ3) is 6.91. The van der Waals surface area contributed by atoms with Crippen LogP contribution in [0.3, 0.4) is 0 Å². The summed E-state index contributed by atoms with van der Waals surface area (Å²) in [6.45, 7) is 3.53. The van der Waals surface area contributed by atoms with Crippen molar-refractivity contribution in [3.63, 3.8) is 0 Å². The number of thiophene rings is 1. The Bertz CT molecular complexity index is 634. The molecule has 0 fully saturated rings. The molecule has 0 bridgehead atoms. The maximum absolute atomic E-state index is 13.0. The third-order valence-electron chi connectivity index (χ3n) is 3.81. The lowest BCUT2D eigenvalue weighted by Gasteiger charge is -2.20. The summed E-state index contributed by atoms with van der Waals surface area (Å²) < 4.78 is 18.5. The SMILES string of the molecule is CN=C(NCC(C)c1cccs1)NCC(OC)c1ccc(F)cc1.I. The highest BCUT2D eigenvalue weighted by Crippen LogP contribution is 2.19. The molecule has 2 rings (SSSR count). The molecule has 4 nitrogen and oxygen atoms in total. The summed E-state index contributed by atoms with van der Waals surface area (Å²) in [5.74, 6) is 0.892. The van der Waals surface area contributed by atoms with Crippen LogP contribution in [-0.2, 0) is 4.74 Å². The molecular formula is C18H25FIN3OS. The molecule has 0 aliphatic carbocycles. The first-order valence-corrected chi connectivity index (χ1v) is 8.78. The first-order valence-electron chi connectivity index (χ1n) is 7.90. The molecule has 2 aromatic rings. The number of rotatable bonds is 7. The van der Waals surface area contributed by atoms with Gasteiger partial charge in [0.2, 0.25) is 0 Å². The average molecular weight is 477 g/mol. The van der Waals surface area contributed by atoms with Crippen LogP contribution in [0, 0.1) is 5.82 Å². The van der Waals surface area contributed by atoms with E-state index in [1.165, 1.54) is 17.0 Å². The molecule has 1 aromatic heterocycles. The number of aliphatic imine (C=N–C) groups is 1. The van der Waals surface area contributed by atoms with Gasteiger partial charge in [0.05, 0.1) is 6.10 Å². The van der Waals surface area contributed by atoms with Crippen LogP contribution in [0.2, 0.25) is 0 Å². The fraction of sp³-hybridized carbons (Fsp3) is 0.389. The summed E-state index contributed by atoms with van der Waals surface area (Å²) in [4.78, 5) is 5.58. The van der Waals surface area contributed by atoms with Crippen LogP contribution in [0.5, 0.6) is 0 Å². The molecule has 0 radical (unpaired) electrons. The van der Waals surface area contributed by atoms with Gasteiger partial charge in [-0.1, -0.05) is 25.1 Å². The molecule has 0 amide bonds. The van der Waals surface area contributed by atoms with E-state index >= 15 is 0 Å². The Morgan fingerprint density at radius 2 is 1.88 bits per heavy atom. The van der Waals surface area contributed by atoms with Crippen LogP contribution >= 0.6 is 35.3 Å². The van der Waals surface area contributed by atoms with Crippen LogP contribution in [0.15, 0.2) is 46.8 Å². The second kappa shape index (κ2) is 11.4. The Labute approximate surface area is 169 Å². The van der Waals surface area contributed by atoms with Gasteiger partial charge in [0, 0.05) is 38.0 Å². The van der Waals surface area contributed by atoms with Gasteiger partial charge in [0.25, 0.3) is 0 Å². The topological polar surface area (TPSA) is 45.7 Å². The molecule has 1 heterocycles. The summed E-state index contributed by atoms with van der Waals surface area (Å²) in [6.07, 6.45) is -0.168. The molecule has 2 unspecified atom stereocenters. The van der Waals surface area contributed by atoms with E-state index in [1.807, 2.05) is 0 Å². The Morgan fingerprint density at radius 1 is 1.20 bits per heavy atom. The number of benzene rings is 1. The van der Waals surface area contributed by atoms with Crippen LogP contribution < -0.4 is 10.6 Å². The van der Waals surface area contributed by atoms with Crippen molar-refractivity contribution in [1.82, 2.24) is 10.6 Å². The minimum absolute atomic E-state index is 0. The second-order valence-corrected chi connectivity index (χ2v) is 6.51. The van der Waals surface area contributed by atoms with Crippen molar-refractivity contribution in [1.29, 1.82) is 0 Å². The molecule has 0 aliphatic rings. The van der Waals surface area contributed by atoms with Gasteiger partial charge in [0.1, 0.15) is 5.82 Å². The number of nitrogens with one attached hydrogen (secondary N) is 2. The predicted molar refractivity (Wildman–Crippen MR) is 114 cm³/mol. The first-order chi connectivity index (χ1) is 11.6. The summed E-state index contributed by atoms with van der Waals surface area (Å²) in [6, 6.07) is 10.6. The maximum Gasteiger partial charge on any atom is 0.191 e. The Kier molecular flexibility index (Phi) is 9.99. The predicted octanol–water partition coefficient (Wildman–Crippen LogP) is 4.16. The van der Waals surface area contributed by atoms with Crippen molar-refractivity contribution < 1.29 is 9.13 Å². The number of hydrogen-bond acceptors (Lipinski definition) is 3. The minimum atomic E-state index is -0.249. The lowest BCUT2D eigenvalue weighted by molar-refractivity contribution is 0.106. The molecular weight excluding hydrogens is 452 g/mol. The minimum Gasteiger partial charge on any atom is -0.375 e. The smallest absolute Gasteiger partial charge is 0.191 e. The second-order valence-electron chi connectivity index (χ2n) is 5.53. The normalized spacial score (nSPS) is 13.7. The van der Waals surface area contributed by atoms with E-state index in [9.17, 15) is 4.39 Å². The fourth-order valence-electron chi connectivity index (χ4n) is 2.35. The van der Waals surface area contributed by atoms with E-state index in [1.54, 1.807) is 37.6 Å². The van der Waals surface area contributed by atoms with E-state index in [4.69, 9.17) is 4.74 Å². The molecule has 2 atom stereocenters. The highest BCUT2D eigenvalue weighted by Gasteiger charge is 2.12. The zero-order chi connectivity index (χ0) is 17.4. The van der Waals surface area contributed by atoms with Gasteiger partial charge in [-0.15, -0.1) is 35.3 Å². The highest BCUT2D eigenvalue weighted by atomic mass is 127. The number of guanidine groups is 1. The van der Waals surface area contributed by atoms with Crippen molar-refractivity contribution in [3.05, 3.63) is 58.0 Å². The summed E-state index contributed by atoms with van der Waals surface area (Å²) in [5.41, 5.74) is 0.925. The van der Waals surface area contributed by atoms with Gasteiger partial charge in [-0.2, -0.15) is 0 Å². The molecule has 0 aliphatic heterocycles. The van der Waals surface area contributed by atoms with E-state index in [0.29, 0.717) is 12.5 Å². The monoisotopic (exact) mass is 477 g/mol. The van der Waals surface area contributed by atoms with Crippen molar-refractivity contribution in [3.8, 4) is 0 Å². The summed E-state index contributed by atoms with van der Waals surface area (Å²) >= 11 is 1.76. The third-order valence-corrected chi connectivity index (χ3v) is 4.91. The van der Waals surface area contributed by atoms with Gasteiger partial charge < -0.3 is 15.4 Å². The maximum atomic E-state index is 13.0. The van der Waals surface area contributed by atoms with Gasteiger partial charge in [-0.25, -0.2) is 4.39 Å². The first kappa shape index (κ1) is 21.9. The van der Waals surface area contributed by atoms with Crippen molar-refractivity contribution in [2.24, 2.45) is 4.99 Å². The van der Waals surface area contributed by atoms with Crippen molar-refractivity contribution in [2.45, 2.75) is 18.9 Å². The molecule has 0 saturated carbocycles. The van der Waals surface area contributed by atoms with E-state index in [-0.39, 0.29) is 35.9 Å². The van der Waals surface area contributed by atoms with Gasteiger partial charge >= 0.3 is 0 Å². The molecule has 7 heteroatoms. The van der Waals surface area contributed by atoms with Crippen LogP contribution in [-0.4, -0.2) is 33.2 Å². The number of hydrogen-bond donors (Lipinski definition) is 2. The van der Waals surface area contributed by atoms with Crippen molar-refractivity contribution >= 4 is 41.3 Å². The number of nitrogens with zero attached hydrogens (tertiary/aromatic N) is 1. The molecule has 2 N–H and O–H groups in total. The van der Waals surface area contributed by atoms with E-state index in [0.717, 1.165) is 18.1 Å². The molecule has 25 heavy (non-hydrogen) atoms. The van der Waals surface area contributed by atoms with Gasteiger partial charge in [-0.3, -0.25) is 4.99 Å². The Hall–Kier alpha value is -1.19. The van der Waals surface area contributed by atoms with Crippen LogP contribution in [0.25, 0.3) is 0 Å². The Morgan fingerprint density at radius 3 is 2.44 bits per heavy atom. The van der Waals surface area contributed by atoms with E-state index in [2.05, 4.69) is 40.1 Å². The van der Waals surface area contributed by atoms with Gasteiger partial charge in [-0.05, 0) is 29.1 Å². The molecule has 0 spiro atoms. The molecule has 1 aromatic carbocycles. The number of halogens is 2. The average Bonchev–Trinajstić information content (AvgIpc) is 3.14. The number of methoxy groups -OCH3 is 1. The fourth-order valence-corrected chi connectivity index (χ4v) is 3.13. The van der Waals surface area contributed by atoms with E-state index < -0.39 is 0 Å². The lowest BCUT2D eigenvalue weighted by atomic mass is 10.1. The summed E-state index contributed by atoms with van der Waals surface area (Å²) in [5, 5.41) is 8.67. The Balaban J connectivity index is 0.00000312. The highest BCUT2D eigenvalue weighted by molar-refractivity contribution is 14.0. The standard InChI is InChI=1S/C18H24FN3OS.HI/c1-13(17-5-4-10-24-17)11-21-18(20-2)22-12-16(23-3)14-6-8-15(19)9-7-14;/h4-10,13,16H,11-12H2,1-3H3,(H2,20,21,22);1H. The number of ether oxygens (including phenoxy) is 1. The zero-order valence-electron chi connectivity index (χ0n) is 14.7. The molecule has 138 valence electrons. The summed E-state index contributed by atoms with van der Waals surface area (Å²) in [7, 11) is 3.38. The quantitative estimate of drug-likeness (QED) is 0.358. The molecule has 0 saturated heterocycles. The van der Waals surface area contributed by atoms with Crippen LogP contribution in [0.4, 0.5) is 4.39 Å².